The van der Waals surface area contributed by atoms with Crippen LogP contribution in [0.25, 0.3) is 16.7 Å². The zero-order valence-corrected chi connectivity index (χ0v) is 10.8. The van der Waals surface area contributed by atoms with Crippen LogP contribution >= 0.6 is 0 Å². The smallest absolute Gasteiger partial charge is 0.00196 e. The number of hydrogen-bond acceptors (Lipinski definition) is 0. The van der Waals surface area contributed by atoms with Crippen LogP contribution in [-0.2, 0) is 6.42 Å². The molecule has 0 bridgehead atoms. The SMILES string of the molecule is C=C(Cc1ccc2cccccc1-2)c1ccccc1. The molecule has 0 unspecified atom stereocenters. The Balaban J connectivity index is 1.90. The van der Waals surface area contributed by atoms with E-state index >= 15 is 0 Å². The third kappa shape index (κ3) is 2.43. The van der Waals surface area contributed by atoms with E-state index in [1.807, 2.05) is 6.07 Å². The van der Waals surface area contributed by atoms with Gasteiger partial charge in [0.15, 0.2) is 0 Å². The highest BCUT2D eigenvalue weighted by Crippen LogP contribution is 2.30. The van der Waals surface area contributed by atoms with E-state index in [2.05, 4.69) is 73.3 Å². The predicted octanol–water partition coefficient (Wildman–Crippen LogP) is 5.05. The molecule has 0 amide bonds. The molecule has 0 heterocycles. The van der Waals surface area contributed by atoms with Gasteiger partial charge in [0.1, 0.15) is 0 Å². The van der Waals surface area contributed by atoms with E-state index in [-0.39, 0.29) is 0 Å². The molecule has 0 aromatic heterocycles. The Hall–Kier alpha value is -2.34. The summed E-state index contributed by atoms with van der Waals surface area (Å²) in [5.74, 6) is 0. The van der Waals surface area contributed by atoms with Crippen LogP contribution in [0.15, 0.2) is 79.4 Å². The van der Waals surface area contributed by atoms with E-state index in [1.54, 1.807) is 0 Å². The second-order valence-electron chi connectivity index (χ2n) is 4.78. The summed E-state index contributed by atoms with van der Waals surface area (Å²) in [7, 11) is 0. The van der Waals surface area contributed by atoms with Gasteiger partial charge in [0.2, 0.25) is 0 Å². The maximum atomic E-state index is 4.22. The third-order valence-corrected chi connectivity index (χ3v) is 3.47. The van der Waals surface area contributed by atoms with Crippen LogP contribution in [-0.4, -0.2) is 0 Å². The van der Waals surface area contributed by atoms with Crippen molar-refractivity contribution in [3.05, 3.63) is 90.5 Å². The van der Waals surface area contributed by atoms with Gasteiger partial charge in [-0.15, -0.1) is 0 Å². The minimum absolute atomic E-state index is 0.900. The first-order valence-corrected chi connectivity index (χ1v) is 6.54. The highest BCUT2D eigenvalue weighted by atomic mass is 14.1. The number of fused-ring (bicyclic) bond motifs is 1. The van der Waals surface area contributed by atoms with Gasteiger partial charge in [-0.1, -0.05) is 79.4 Å². The Labute approximate surface area is 114 Å². The van der Waals surface area contributed by atoms with E-state index < -0.39 is 0 Å². The lowest BCUT2D eigenvalue weighted by atomic mass is 9.98. The molecule has 0 spiro atoms. The molecular weight excluding hydrogens is 228 g/mol. The van der Waals surface area contributed by atoms with Gasteiger partial charge >= 0.3 is 0 Å². The normalized spacial score (nSPS) is 10.5. The van der Waals surface area contributed by atoms with Crippen molar-refractivity contribution in [1.29, 1.82) is 0 Å². The van der Waals surface area contributed by atoms with Crippen molar-refractivity contribution in [2.45, 2.75) is 6.42 Å². The average molecular weight is 244 g/mol. The molecule has 19 heavy (non-hydrogen) atoms. The highest BCUT2D eigenvalue weighted by molar-refractivity contribution is 5.75. The topological polar surface area (TPSA) is 0 Å². The molecule has 2 aliphatic rings. The van der Waals surface area contributed by atoms with E-state index in [1.165, 1.54) is 27.8 Å². The molecule has 0 fully saturated rings. The van der Waals surface area contributed by atoms with Gasteiger partial charge in [0, 0.05) is 0 Å². The number of allylic oxidation sites excluding steroid dienone is 1. The summed E-state index contributed by atoms with van der Waals surface area (Å²) in [6.07, 6.45) is 0.900. The van der Waals surface area contributed by atoms with Crippen LogP contribution in [0.3, 0.4) is 0 Å². The molecule has 0 heteroatoms. The maximum absolute atomic E-state index is 4.22. The summed E-state index contributed by atoms with van der Waals surface area (Å²) >= 11 is 0. The summed E-state index contributed by atoms with van der Waals surface area (Å²) in [6, 6.07) is 25.4. The van der Waals surface area contributed by atoms with Crippen LogP contribution in [0, 0.1) is 0 Å². The Morgan fingerprint density at radius 3 is 2.21 bits per heavy atom. The van der Waals surface area contributed by atoms with Crippen LogP contribution in [0.4, 0.5) is 0 Å². The largest absolute Gasteiger partial charge is 0.0949 e. The number of benzene rings is 1. The highest BCUT2D eigenvalue weighted by Gasteiger charge is 2.09. The molecule has 0 N–H and O–H groups in total. The average Bonchev–Trinajstić information content (AvgIpc) is 2.68. The van der Waals surface area contributed by atoms with Gasteiger partial charge < -0.3 is 0 Å². The number of hydrogen-bond donors (Lipinski definition) is 0. The number of rotatable bonds is 3. The third-order valence-electron chi connectivity index (χ3n) is 3.47. The molecule has 2 aliphatic carbocycles. The molecular formula is C19H16. The summed E-state index contributed by atoms with van der Waals surface area (Å²) in [5.41, 5.74) is 6.35. The van der Waals surface area contributed by atoms with Crippen molar-refractivity contribution < 1.29 is 0 Å². The van der Waals surface area contributed by atoms with Crippen LogP contribution in [0.1, 0.15) is 11.1 Å². The zero-order chi connectivity index (χ0) is 13.1. The van der Waals surface area contributed by atoms with Crippen molar-refractivity contribution in [2.75, 3.05) is 0 Å². The van der Waals surface area contributed by atoms with Crippen LogP contribution in [0.5, 0.6) is 0 Å². The van der Waals surface area contributed by atoms with Crippen molar-refractivity contribution in [3.63, 3.8) is 0 Å². The molecule has 0 nitrogen and oxygen atoms in total. The zero-order valence-electron chi connectivity index (χ0n) is 10.8. The van der Waals surface area contributed by atoms with E-state index in [0.29, 0.717) is 0 Å². The Kier molecular flexibility index (Phi) is 3.16. The minimum Gasteiger partial charge on any atom is -0.0949 e. The summed E-state index contributed by atoms with van der Waals surface area (Å²) in [6.45, 7) is 4.22. The second-order valence-corrected chi connectivity index (χ2v) is 4.78. The lowest BCUT2D eigenvalue weighted by Crippen LogP contribution is -1.88. The van der Waals surface area contributed by atoms with Gasteiger partial charge in [-0.05, 0) is 34.2 Å². The predicted molar refractivity (Wildman–Crippen MR) is 82.2 cm³/mol. The minimum atomic E-state index is 0.900. The van der Waals surface area contributed by atoms with Gasteiger partial charge in [0.25, 0.3) is 0 Å². The van der Waals surface area contributed by atoms with Crippen molar-refractivity contribution >= 4 is 5.57 Å². The molecule has 0 aliphatic heterocycles. The molecule has 0 radical (unpaired) electrons. The molecule has 1 aromatic rings. The Bertz CT molecular complexity index is 665. The van der Waals surface area contributed by atoms with Gasteiger partial charge in [-0.2, -0.15) is 0 Å². The van der Waals surface area contributed by atoms with Gasteiger partial charge in [-0.25, -0.2) is 0 Å². The fourth-order valence-electron chi connectivity index (χ4n) is 2.44. The van der Waals surface area contributed by atoms with Gasteiger partial charge in [-0.3, -0.25) is 0 Å². The van der Waals surface area contributed by atoms with Crippen LogP contribution in [0.2, 0.25) is 0 Å². The summed E-state index contributed by atoms with van der Waals surface area (Å²) in [4.78, 5) is 0. The van der Waals surface area contributed by atoms with E-state index in [4.69, 9.17) is 0 Å². The molecule has 1 aromatic carbocycles. The molecule has 92 valence electrons. The lowest BCUT2D eigenvalue weighted by Gasteiger charge is -2.06. The first-order valence-electron chi connectivity index (χ1n) is 6.54. The first-order chi connectivity index (χ1) is 9.34. The summed E-state index contributed by atoms with van der Waals surface area (Å²) < 4.78 is 0. The van der Waals surface area contributed by atoms with Crippen molar-refractivity contribution in [3.8, 4) is 11.1 Å². The van der Waals surface area contributed by atoms with Crippen molar-refractivity contribution in [2.24, 2.45) is 0 Å². The molecule has 3 rings (SSSR count). The fourth-order valence-corrected chi connectivity index (χ4v) is 2.44. The lowest BCUT2D eigenvalue weighted by molar-refractivity contribution is 1.31. The summed E-state index contributed by atoms with van der Waals surface area (Å²) in [5, 5.41) is 0. The van der Waals surface area contributed by atoms with E-state index in [0.717, 1.165) is 6.42 Å². The van der Waals surface area contributed by atoms with Crippen LogP contribution < -0.4 is 0 Å². The molecule has 0 saturated heterocycles. The Morgan fingerprint density at radius 2 is 1.42 bits per heavy atom. The first kappa shape index (κ1) is 11.7. The molecule has 0 atom stereocenters. The Morgan fingerprint density at radius 1 is 0.737 bits per heavy atom. The van der Waals surface area contributed by atoms with Gasteiger partial charge in [0.05, 0.1) is 0 Å². The monoisotopic (exact) mass is 244 g/mol. The fraction of sp³-hybridized carbons (Fsp3) is 0.0526. The quantitative estimate of drug-likeness (QED) is 0.605. The van der Waals surface area contributed by atoms with E-state index in [9.17, 15) is 0 Å². The van der Waals surface area contributed by atoms with Crippen molar-refractivity contribution in [1.82, 2.24) is 0 Å². The molecule has 0 saturated carbocycles. The maximum Gasteiger partial charge on any atom is -0.00196 e. The standard InChI is InChI=1S/C19H16/c1-15(16-8-4-2-5-9-16)14-18-13-12-17-10-6-3-7-11-19(17)18/h2-13H,1,14H2. The second kappa shape index (κ2) is 5.11.